The number of anilines is 2. The average molecular weight is 589 g/mol. The van der Waals surface area contributed by atoms with Crippen molar-refractivity contribution in [2.24, 2.45) is 0 Å². The summed E-state index contributed by atoms with van der Waals surface area (Å²) >= 11 is 5.97. The highest BCUT2D eigenvalue weighted by Gasteiger charge is 2.28. The summed E-state index contributed by atoms with van der Waals surface area (Å²) in [6.07, 6.45) is 0. The van der Waals surface area contributed by atoms with Crippen molar-refractivity contribution < 1.29 is 18.0 Å². The zero-order chi connectivity index (χ0) is 29.9. The number of hydrogen-bond acceptors (Lipinski definition) is 4. The third-order valence-corrected chi connectivity index (χ3v) is 8.93. The maximum atomic E-state index is 13.7. The molecule has 4 rings (SSSR count). The van der Waals surface area contributed by atoms with Crippen LogP contribution in [0.25, 0.3) is 0 Å². The number of carbonyl (C=O) groups is 2. The van der Waals surface area contributed by atoms with Gasteiger partial charge in [-0.15, -0.1) is 0 Å². The molecule has 4 aromatic carbocycles. The first-order chi connectivity index (χ1) is 19.3. The summed E-state index contributed by atoms with van der Waals surface area (Å²) in [6, 6.07) is 25.1. The minimum Gasteiger partial charge on any atom is -0.324 e. The Hall–Kier alpha value is -3.94. The fourth-order valence-electron chi connectivity index (χ4n) is 4.29. The van der Waals surface area contributed by atoms with Gasteiger partial charge in [-0.1, -0.05) is 74.8 Å². The first-order valence-electron chi connectivity index (χ1n) is 13.2. The molecule has 0 aliphatic heterocycles. The lowest BCUT2D eigenvalue weighted by Crippen LogP contribution is -2.38. The number of sulfonamides is 1. The molecule has 0 aromatic heterocycles. The number of ketones is 1. The minimum atomic E-state index is -4.10. The molecular formula is C33H33ClN2O4S. The Kier molecular flexibility index (Phi) is 8.71. The predicted octanol–water partition coefficient (Wildman–Crippen LogP) is 7.32. The lowest BCUT2D eigenvalue weighted by Gasteiger charge is -2.25. The van der Waals surface area contributed by atoms with E-state index in [-0.39, 0.29) is 16.1 Å². The standard InChI is InChI=1S/C33H33ClN2O4S/c1-22-9-16-29(19-23(22)2)36(41(39,40)30-17-14-27(34)15-18-30)21-31(37)35-28-8-6-7-25(20-28)32(38)24-10-12-26(13-11-24)33(3,4)5/h6-20H,21H2,1-5H3,(H,35,37). The molecule has 1 amide bonds. The minimum absolute atomic E-state index is 0.0120. The normalized spacial score (nSPS) is 11.7. The first kappa shape index (κ1) is 30.0. The summed E-state index contributed by atoms with van der Waals surface area (Å²) in [5, 5.41) is 3.16. The van der Waals surface area contributed by atoms with Crippen molar-refractivity contribution in [3.63, 3.8) is 0 Å². The van der Waals surface area contributed by atoms with E-state index >= 15 is 0 Å². The van der Waals surface area contributed by atoms with Gasteiger partial charge in [-0.2, -0.15) is 0 Å². The van der Waals surface area contributed by atoms with Crippen LogP contribution in [-0.4, -0.2) is 26.7 Å². The van der Waals surface area contributed by atoms with Gasteiger partial charge in [0, 0.05) is 21.8 Å². The van der Waals surface area contributed by atoms with Crippen LogP contribution in [-0.2, 0) is 20.2 Å². The van der Waals surface area contributed by atoms with Gasteiger partial charge in [-0.25, -0.2) is 8.42 Å². The smallest absolute Gasteiger partial charge is 0.264 e. The van der Waals surface area contributed by atoms with E-state index in [1.807, 2.05) is 32.0 Å². The maximum Gasteiger partial charge on any atom is 0.264 e. The molecule has 6 nitrogen and oxygen atoms in total. The van der Waals surface area contributed by atoms with E-state index in [4.69, 9.17) is 11.6 Å². The van der Waals surface area contributed by atoms with Crippen molar-refractivity contribution in [3.05, 3.63) is 124 Å². The van der Waals surface area contributed by atoms with Gasteiger partial charge in [0.2, 0.25) is 5.91 Å². The lowest BCUT2D eigenvalue weighted by atomic mass is 9.86. The molecule has 41 heavy (non-hydrogen) atoms. The van der Waals surface area contributed by atoms with Crippen LogP contribution in [0, 0.1) is 13.8 Å². The van der Waals surface area contributed by atoms with Crippen molar-refractivity contribution in [2.75, 3.05) is 16.2 Å². The van der Waals surface area contributed by atoms with Crippen LogP contribution in [0.1, 0.15) is 53.4 Å². The molecule has 0 spiro atoms. The molecule has 0 heterocycles. The molecule has 0 aliphatic rings. The average Bonchev–Trinajstić information content (AvgIpc) is 2.93. The highest BCUT2D eigenvalue weighted by Crippen LogP contribution is 2.27. The van der Waals surface area contributed by atoms with E-state index < -0.39 is 22.5 Å². The summed E-state index contributed by atoms with van der Waals surface area (Å²) < 4.78 is 28.4. The molecule has 0 bridgehead atoms. The third-order valence-electron chi connectivity index (χ3n) is 6.89. The fourth-order valence-corrected chi connectivity index (χ4v) is 5.83. The number of nitrogens with zero attached hydrogens (tertiary/aromatic N) is 1. The number of benzene rings is 4. The summed E-state index contributed by atoms with van der Waals surface area (Å²) in [5.74, 6) is -0.733. The van der Waals surface area contributed by atoms with Crippen LogP contribution >= 0.6 is 11.6 Å². The topological polar surface area (TPSA) is 83.6 Å². The van der Waals surface area contributed by atoms with Gasteiger partial charge in [0.1, 0.15) is 6.54 Å². The maximum absolute atomic E-state index is 13.7. The fraction of sp³-hybridized carbons (Fsp3) is 0.212. The molecular weight excluding hydrogens is 556 g/mol. The van der Waals surface area contributed by atoms with Gasteiger partial charge >= 0.3 is 0 Å². The number of halogens is 1. The number of nitrogens with one attached hydrogen (secondary N) is 1. The van der Waals surface area contributed by atoms with Gasteiger partial charge < -0.3 is 5.32 Å². The quantitative estimate of drug-likeness (QED) is 0.219. The van der Waals surface area contributed by atoms with Crippen molar-refractivity contribution >= 4 is 44.7 Å². The molecule has 4 aromatic rings. The van der Waals surface area contributed by atoms with Gasteiger partial charge in [-0.3, -0.25) is 13.9 Å². The Labute approximate surface area is 247 Å². The molecule has 0 radical (unpaired) electrons. The Bertz CT molecular complexity index is 1690. The number of carbonyl (C=O) groups excluding carboxylic acids is 2. The van der Waals surface area contributed by atoms with E-state index in [2.05, 4.69) is 26.1 Å². The molecule has 8 heteroatoms. The summed E-state index contributed by atoms with van der Waals surface area (Å²) in [6.45, 7) is 9.66. The molecule has 0 saturated carbocycles. The Morgan fingerprint density at radius 3 is 2.07 bits per heavy atom. The second-order valence-corrected chi connectivity index (χ2v) is 13.3. The molecule has 212 valence electrons. The summed E-state index contributed by atoms with van der Waals surface area (Å²) in [4.78, 5) is 26.4. The summed E-state index contributed by atoms with van der Waals surface area (Å²) in [5.41, 5.74) is 4.67. The van der Waals surface area contributed by atoms with Crippen LogP contribution in [0.15, 0.2) is 95.9 Å². The molecule has 0 saturated heterocycles. The number of amides is 1. The summed E-state index contributed by atoms with van der Waals surface area (Å²) in [7, 11) is -4.10. The third kappa shape index (κ3) is 7.04. The molecule has 0 unspecified atom stereocenters. The van der Waals surface area contributed by atoms with Crippen LogP contribution in [0.4, 0.5) is 11.4 Å². The predicted molar refractivity (Wildman–Crippen MR) is 166 cm³/mol. The van der Waals surface area contributed by atoms with Crippen LogP contribution in [0.3, 0.4) is 0 Å². The number of hydrogen-bond donors (Lipinski definition) is 1. The second kappa shape index (κ2) is 11.9. The highest BCUT2D eigenvalue weighted by atomic mass is 35.5. The van der Waals surface area contributed by atoms with Crippen molar-refractivity contribution in [1.29, 1.82) is 0 Å². The van der Waals surface area contributed by atoms with E-state index in [0.29, 0.717) is 27.5 Å². The SMILES string of the molecule is Cc1ccc(N(CC(=O)Nc2cccc(C(=O)c3ccc(C(C)(C)C)cc3)c2)S(=O)(=O)c2ccc(Cl)cc2)cc1C. The van der Waals surface area contributed by atoms with Gasteiger partial charge in [0.05, 0.1) is 10.6 Å². The highest BCUT2D eigenvalue weighted by molar-refractivity contribution is 7.92. The molecule has 0 fully saturated rings. The lowest BCUT2D eigenvalue weighted by molar-refractivity contribution is -0.114. The monoisotopic (exact) mass is 588 g/mol. The van der Waals surface area contributed by atoms with Crippen molar-refractivity contribution in [3.8, 4) is 0 Å². The van der Waals surface area contributed by atoms with E-state index in [1.165, 1.54) is 24.3 Å². The van der Waals surface area contributed by atoms with Crippen molar-refractivity contribution in [2.45, 2.75) is 44.9 Å². The molecule has 0 atom stereocenters. The molecule has 1 N–H and O–H groups in total. The van der Waals surface area contributed by atoms with Gasteiger partial charge in [0.25, 0.3) is 10.0 Å². The van der Waals surface area contributed by atoms with Gasteiger partial charge in [-0.05, 0) is 84.5 Å². The Morgan fingerprint density at radius 1 is 0.805 bits per heavy atom. The van der Waals surface area contributed by atoms with E-state index in [9.17, 15) is 18.0 Å². The van der Waals surface area contributed by atoms with E-state index in [0.717, 1.165) is 21.0 Å². The zero-order valence-corrected chi connectivity index (χ0v) is 25.3. The Morgan fingerprint density at radius 2 is 1.46 bits per heavy atom. The van der Waals surface area contributed by atoms with Gasteiger partial charge in [0.15, 0.2) is 5.78 Å². The largest absolute Gasteiger partial charge is 0.324 e. The molecule has 0 aliphatic carbocycles. The Balaban J connectivity index is 1.58. The van der Waals surface area contributed by atoms with Crippen LogP contribution < -0.4 is 9.62 Å². The van der Waals surface area contributed by atoms with Crippen molar-refractivity contribution in [1.82, 2.24) is 0 Å². The van der Waals surface area contributed by atoms with E-state index in [1.54, 1.807) is 48.5 Å². The first-order valence-corrected chi connectivity index (χ1v) is 15.0. The van der Waals surface area contributed by atoms with Crippen LogP contribution in [0.5, 0.6) is 0 Å². The zero-order valence-electron chi connectivity index (χ0n) is 23.7. The van der Waals surface area contributed by atoms with Crippen LogP contribution in [0.2, 0.25) is 5.02 Å². The number of rotatable bonds is 8. The second-order valence-electron chi connectivity index (χ2n) is 11.0. The number of aryl methyl sites for hydroxylation is 2.